The van der Waals surface area contributed by atoms with Crippen molar-refractivity contribution in [3.05, 3.63) is 58.1 Å². The van der Waals surface area contributed by atoms with Crippen LogP contribution in [0.4, 0.5) is 11.4 Å². The van der Waals surface area contributed by atoms with Gasteiger partial charge in [0.05, 0.1) is 0 Å². The number of nitrogens with one attached hydrogen (secondary N) is 1. The van der Waals surface area contributed by atoms with Gasteiger partial charge in [-0.1, -0.05) is 40.2 Å². The summed E-state index contributed by atoms with van der Waals surface area (Å²) < 4.78 is 1.02. The number of hydrogen-bond acceptors (Lipinski definition) is 2. The smallest absolute Gasteiger partial charge is 0.226 e. The van der Waals surface area contributed by atoms with Gasteiger partial charge in [-0.05, 0) is 55.5 Å². The van der Waals surface area contributed by atoms with Gasteiger partial charge in [-0.2, -0.15) is 0 Å². The Balaban J connectivity index is 1.66. The zero-order valence-electron chi connectivity index (χ0n) is 14.9. The second-order valence-corrected chi connectivity index (χ2v) is 7.50. The Kier molecular flexibility index (Phi) is 6.09. The lowest BCUT2D eigenvalue weighted by Gasteiger charge is -2.28. The maximum atomic E-state index is 12.3. The summed E-state index contributed by atoms with van der Waals surface area (Å²) in [6.07, 6.45) is 3.67. The molecular weight excluding hydrogens is 392 g/mol. The molecule has 1 saturated heterocycles. The van der Waals surface area contributed by atoms with E-state index in [0.717, 1.165) is 46.4 Å². The van der Waals surface area contributed by atoms with Crippen molar-refractivity contribution in [2.24, 2.45) is 0 Å². The van der Waals surface area contributed by atoms with Crippen LogP contribution in [0, 0.1) is 6.92 Å². The van der Waals surface area contributed by atoms with E-state index < -0.39 is 0 Å². The molecule has 1 fully saturated rings. The minimum atomic E-state index is -0.0273. The Hall–Kier alpha value is -2.14. The Morgan fingerprint density at radius 3 is 2.77 bits per heavy atom. The van der Waals surface area contributed by atoms with Crippen LogP contribution < -0.4 is 10.2 Å². The molecule has 0 atom stereocenters. The van der Waals surface area contributed by atoms with Crippen LogP contribution in [-0.4, -0.2) is 18.4 Å². The number of carbonyl (C=O) groups excluding carboxylic acids is 2. The number of nitrogens with zero attached hydrogens (tertiary/aromatic N) is 1. The minimum Gasteiger partial charge on any atom is -0.326 e. The van der Waals surface area contributed by atoms with Crippen molar-refractivity contribution in [1.82, 2.24) is 0 Å². The molecule has 3 rings (SSSR count). The summed E-state index contributed by atoms with van der Waals surface area (Å²) in [4.78, 5) is 26.4. The standard InChI is InChI=1S/C21H23BrN2O2/c1-15-9-11-17(14-19(15)24-13-5-4-8-21(24)26)23-20(25)12-10-16-6-2-3-7-18(16)22/h2-3,6-7,9,11,14H,4-5,8,10,12-13H2,1H3,(H,23,25). The maximum absolute atomic E-state index is 12.3. The molecule has 1 N–H and O–H groups in total. The number of halogens is 1. The highest BCUT2D eigenvalue weighted by molar-refractivity contribution is 9.10. The highest BCUT2D eigenvalue weighted by Crippen LogP contribution is 2.28. The van der Waals surface area contributed by atoms with Crippen LogP contribution in [0.3, 0.4) is 0 Å². The van der Waals surface area contributed by atoms with Gasteiger partial charge in [0.25, 0.3) is 0 Å². The lowest BCUT2D eigenvalue weighted by molar-refractivity contribution is -0.119. The van der Waals surface area contributed by atoms with E-state index in [1.165, 1.54) is 0 Å². The molecule has 5 heteroatoms. The molecule has 136 valence electrons. The average molecular weight is 415 g/mol. The largest absolute Gasteiger partial charge is 0.326 e. The second kappa shape index (κ2) is 8.49. The van der Waals surface area contributed by atoms with Crippen molar-refractivity contribution in [3.8, 4) is 0 Å². The molecule has 1 heterocycles. The topological polar surface area (TPSA) is 49.4 Å². The third-order valence-electron chi connectivity index (χ3n) is 4.69. The quantitative estimate of drug-likeness (QED) is 0.760. The van der Waals surface area contributed by atoms with Gasteiger partial charge >= 0.3 is 0 Å². The van der Waals surface area contributed by atoms with E-state index in [-0.39, 0.29) is 11.8 Å². The number of amides is 2. The van der Waals surface area contributed by atoms with Gasteiger partial charge in [0.1, 0.15) is 0 Å². The van der Waals surface area contributed by atoms with Crippen molar-refractivity contribution in [1.29, 1.82) is 0 Å². The molecule has 4 nitrogen and oxygen atoms in total. The first-order valence-corrected chi connectivity index (χ1v) is 9.78. The third-order valence-corrected chi connectivity index (χ3v) is 5.46. The van der Waals surface area contributed by atoms with E-state index in [2.05, 4.69) is 21.2 Å². The van der Waals surface area contributed by atoms with E-state index in [1.54, 1.807) is 0 Å². The monoisotopic (exact) mass is 414 g/mol. The van der Waals surface area contributed by atoms with E-state index in [0.29, 0.717) is 19.3 Å². The minimum absolute atomic E-state index is 0.0273. The Labute approximate surface area is 162 Å². The van der Waals surface area contributed by atoms with Crippen molar-refractivity contribution >= 4 is 39.1 Å². The Bertz CT molecular complexity index is 819. The normalized spacial score (nSPS) is 14.4. The zero-order chi connectivity index (χ0) is 18.5. The number of benzene rings is 2. The molecule has 0 bridgehead atoms. The molecule has 26 heavy (non-hydrogen) atoms. The van der Waals surface area contributed by atoms with Crippen molar-refractivity contribution in [2.45, 2.75) is 39.0 Å². The number of rotatable bonds is 5. The Morgan fingerprint density at radius 2 is 2.00 bits per heavy atom. The average Bonchev–Trinajstić information content (AvgIpc) is 2.63. The number of piperidine rings is 1. The predicted octanol–water partition coefficient (Wildman–Crippen LogP) is 4.85. The van der Waals surface area contributed by atoms with Crippen molar-refractivity contribution in [3.63, 3.8) is 0 Å². The summed E-state index contributed by atoms with van der Waals surface area (Å²) in [5.74, 6) is 0.136. The number of carbonyl (C=O) groups is 2. The van der Waals surface area contributed by atoms with Gasteiger partial charge in [-0.15, -0.1) is 0 Å². The van der Waals surface area contributed by atoms with Crippen molar-refractivity contribution in [2.75, 3.05) is 16.8 Å². The van der Waals surface area contributed by atoms with Crippen LogP contribution in [0.15, 0.2) is 46.9 Å². The molecule has 2 amide bonds. The molecule has 2 aromatic rings. The summed E-state index contributed by atoms with van der Waals surface area (Å²) in [6, 6.07) is 13.7. The van der Waals surface area contributed by atoms with Crippen LogP contribution >= 0.6 is 15.9 Å². The van der Waals surface area contributed by atoms with Gasteiger partial charge in [-0.3, -0.25) is 9.59 Å². The van der Waals surface area contributed by atoms with Gasteiger partial charge in [0, 0.05) is 35.2 Å². The second-order valence-electron chi connectivity index (χ2n) is 6.64. The molecule has 0 aliphatic carbocycles. The molecule has 0 saturated carbocycles. The van der Waals surface area contributed by atoms with Crippen LogP contribution in [0.1, 0.15) is 36.8 Å². The number of hydrogen-bond donors (Lipinski definition) is 1. The molecule has 0 radical (unpaired) electrons. The van der Waals surface area contributed by atoms with Gasteiger partial charge in [-0.25, -0.2) is 0 Å². The molecule has 0 spiro atoms. The zero-order valence-corrected chi connectivity index (χ0v) is 16.5. The third kappa shape index (κ3) is 4.52. The maximum Gasteiger partial charge on any atom is 0.226 e. The SMILES string of the molecule is Cc1ccc(NC(=O)CCc2ccccc2Br)cc1N1CCCCC1=O. The van der Waals surface area contributed by atoms with Crippen LogP contribution in [0.25, 0.3) is 0 Å². The van der Waals surface area contributed by atoms with E-state index in [1.807, 2.05) is 54.3 Å². The van der Waals surface area contributed by atoms with Crippen LogP contribution in [0.2, 0.25) is 0 Å². The number of aryl methyl sites for hydroxylation is 2. The first kappa shape index (κ1) is 18.6. The van der Waals surface area contributed by atoms with Gasteiger partial charge in [0.2, 0.25) is 11.8 Å². The summed E-state index contributed by atoms with van der Waals surface area (Å²) in [5.41, 5.74) is 3.80. The molecule has 0 aromatic heterocycles. The fourth-order valence-corrected chi connectivity index (χ4v) is 3.69. The van der Waals surface area contributed by atoms with Gasteiger partial charge < -0.3 is 10.2 Å². The molecule has 0 unspecified atom stereocenters. The van der Waals surface area contributed by atoms with Crippen LogP contribution in [0.5, 0.6) is 0 Å². The lowest BCUT2D eigenvalue weighted by Crippen LogP contribution is -2.35. The summed E-state index contributed by atoms with van der Waals surface area (Å²) in [6.45, 7) is 2.74. The van der Waals surface area contributed by atoms with E-state index in [9.17, 15) is 9.59 Å². The first-order chi connectivity index (χ1) is 12.5. The lowest BCUT2D eigenvalue weighted by atomic mass is 10.1. The molecule has 2 aromatic carbocycles. The highest BCUT2D eigenvalue weighted by Gasteiger charge is 2.21. The molecule has 1 aliphatic rings. The first-order valence-electron chi connectivity index (χ1n) is 8.99. The summed E-state index contributed by atoms with van der Waals surface area (Å²) in [5, 5.41) is 2.96. The Morgan fingerprint density at radius 1 is 1.19 bits per heavy atom. The van der Waals surface area contributed by atoms with Crippen molar-refractivity contribution < 1.29 is 9.59 Å². The molecular formula is C21H23BrN2O2. The van der Waals surface area contributed by atoms with Gasteiger partial charge in [0.15, 0.2) is 0 Å². The highest BCUT2D eigenvalue weighted by atomic mass is 79.9. The fraction of sp³-hybridized carbons (Fsp3) is 0.333. The summed E-state index contributed by atoms with van der Waals surface area (Å²) >= 11 is 3.51. The fourth-order valence-electron chi connectivity index (χ4n) is 3.21. The number of anilines is 2. The molecule has 1 aliphatic heterocycles. The summed E-state index contributed by atoms with van der Waals surface area (Å²) in [7, 11) is 0. The van der Waals surface area contributed by atoms with E-state index >= 15 is 0 Å². The predicted molar refractivity (Wildman–Crippen MR) is 108 cm³/mol. The van der Waals surface area contributed by atoms with Crippen LogP contribution in [-0.2, 0) is 16.0 Å². The van der Waals surface area contributed by atoms with E-state index in [4.69, 9.17) is 0 Å².